The van der Waals surface area contributed by atoms with E-state index in [0.717, 1.165) is 13.1 Å². The Morgan fingerprint density at radius 2 is 1.82 bits per heavy atom. The molecule has 174 valence electrons. The third kappa shape index (κ3) is 5.50. The summed E-state index contributed by atoms with van der Waals surface area (Å²) in [5.41, 5.74) is 1.02. The fourth-order valence-corrected chi connectivity index (χ4v) is 4.57. The molecule has 1 atom stereocenters. The molecular formula is C23H24ClFN4O3S. The minimum absolute atomic E-state index is 0.129. The van der Waals surface area contributed by atoms with Crippen LogP contribution in [-0.4, -0.2) is 72.2 Å². The summed E-state index contributed by atoms with van der Waals surface area (Å²) >= 11 is 12.1. The van der Waals surface area contributed by atoms with Crippen LogP contribution < -0.4 is 10.2 Å². The van der Waals surface area contributed by atoms with E-state index in [4.69, 9.17) is 28.6 Å². The molecule has 0 bridgehead atoms. The molecule has 0 spiro atoms. The van der Waals surface area contributed by atoms with Crippen molar-refractivity contribution in [1.82, 2.24) is 9.80 Å². The van der Waals surface area contributed by atoms with Gasteiger partial charge in [0.15, 0.2) is 5.11 Å². The lowest BCUT2D eigenvalue weighted by molar-refractivity contribution is -0.129. The quantitative estimate of drug-likeness (QED) is 0.602. The molecule has 0 aromatic heterocycles. The SMILES string of the molecule is O=C(CC1C(=O)N(CCN2CCOCC2)C(=S)N1c1ccccc1Cl)Nc1ccc(F)cc1. The van der Waals surface area contributed by atoms with Gasteiger partial charge in [-0.1, -0.05) is 23.7 Å². The minimum atomic E-state index is -0.831. The van der Waals surface area contributed by atoms with Gasteiger partial charge in [-0.25, -0.2) is 4.39 Å². The van der Waals surface area contributed by atoms with Gasteiger partial charge in [-0.3, -0.25) is 19.4 Å². The van der Waals surface area contributed by atoms with Gasteiger partial charge in [0.05, 0.1) is 30.3 Å². The largest absolute Gasteiger partial charge is 0.379 e. The monoisotopic (exact) mass is 490 g/mol. The van der Waals surface area contributed by atoms with E-state index in [1.54, 1.807) is 34.1 Å². The minimum Gasteiger partial charge on any atom is -0.379 e. The molecule has 7 nitrogen and oxygen atoms in total. The van der Waals surface area contributed by atoms with Gasteiger partial charge in [-0.15, -0.1) is 0 Å². The predicted molar refractivity (Wildman–Crippen MR) is 129 cm³/mol. The number of halogens is 2. The van der Waals surface area contributed by atoms with Crippen LogP contribution in [0.15, 0.2) is 48.5 Å². The van der Waals surface area contributed by atoms with E-state index in [0.29, 0.717) is 47.8 Å². The number of nitrogens with one attached hydrogen (secondary N) is 1. The fraction of sp³-hybridized carbons (Fsp3) is 0.348. The van der Waals surface area contributed by atoms with Crippen molar-refractivity contribution >= 4 is 52.1 Å². The Balaban J connectivity index is 1.52. The van der Waals surface area contributed by atoms with Crippen LogP contribution in [0.2, 0.25) is 5.02 Å². The van der Waals surface area contributed by atoms with Crippen molar-refractivity contribution in [2.75, 3.05) is 49.6 Å². The van der Waals surface area contributed by atoms with E-state index < -0.39 is 11.9 Å². The van der Waals surface area contributed by atoms with Gasteiger partial charge in [-0.2, -0.15) is 0 Å². The Labute approximate surface area is 202 Å². The van der Waals surface area contributed by atoms with Crippen LogP contribution in [0, 0.1) is 5.82 Å². The van der Waals surface area contributed by atoms with Gasteiger partial charge in [-0.05, 0) is 48.6 Å². The van der Waals surface area contributed by atoms with Crippen LogP contribution in [0.1, 0.15) is 6.42 Å². The van der Waals surface area contributed by atoms with Crippen molar-refractivity contribution in [3.8, 4) is 0 Å². The van der Waals surface area contributed by atoms with E-state index in [1.165, 1.54) is 24.3 Å². The number of ether oxygens (including phenoxy) is 1. The first kappa shape index (κ1) is 23.6. The number of hydrogen-bond donors (Lipinski definition) is 1. The smallest absolute Gasteiger partial charge is 0.252 e. The molecule has 2 aliphatic rings. The highest BCUT2D eigenvalue weighted by atomic mass is 35.5. The molecular weight excluding hydrogens is 467 g/mol. The van der Waals surface area contributed by atoms with Crippen molar-refractivity contribution in [1.29, 1.82) is 0 Å². The van der Waals surface area contributed by atoms with E-state index in [1.807, 2.05) is 0 Å². The standard InChI is InChI=1S/C23H24ClFN4O3S/c24-18-3-1-2-4-19(18)29-20(15-21(30)26-17-7-5-16(25)6-8-17)22(31)28(23(29)33)10-9-27-11-13-32-14-12-27/h1-8,20H,9-15H2,(H,26,30). The number of rotatable bonds is 7. The van der Waals surface area contributed by atoms with Gasteiger partial charge in [0.1, 0.15) is 11.9 Å². The molecule has 2 aromatic carbocycles. The highest BCUT2D eigenvalue weighted by molar-refractivity contribution is 7.80. The zero-order valence-electron chi connectivity index (χ0n) is 17.9. The zero-order chi connectivity index (χ0) is 23.4. The molecule has 1 N–H and O–H groups in total. The maximum atomic E-state index is 13.4. The Kier molecular flexibility index (Phi) is 7.54. The number of hydrogen-bond acceptors (Lipinski definition) is 5. The maximum absolute atomic E-state index is 13.4. The van der Waals surface area contributed by atoms with Crippen LogP contribution in [0.3, 0.4) is 0 Å². The lowest BCUT2D eigenvalue weighted by atomic mass is 10.1. The number of nitrogens with zero attached hydrogens (tertiary/aromatic N) is 3. The molecule has 33 heavy (non-hydrogen) atoms. The molecule has 10 heteroatoms. The Morgan fingerprint density at radius 1 is 1.12 bits per heavy atom. The lowest BCUT2D eigenvalue weighted by Gasteiger charge is -2.28. The van der Waals surface area contributed by atoms with E-state index in [-0.39, 0.29) is 18.2 Å². The topological polar surface area (TPSA) is 65.1 Å². The second-order valence-electron chi connectivity index (χ2n) is 7.82. The number of amides is 2. The third-order valence-corrected chi connectivity index (χ3v) is 6.40. The van der Waals surface area contributed by atoms with Crippen molar-refractivity contribution < 1.29 is 18.7 Å². The number of para-hydroxylation sites is 1. The summed E-state index contributed by atoms with van der Waals surface area (Å²) in [4.78, 5) is 31.6. The van der Waals surface area contributed by atoms with Crippen molar-refractivity contribution in [3.63, 3.8) is 0 Å². The molecule has 2 aliphatic heterocycles. The summed E-state index contributed by atoms with van der Waals surface area (Å²) in [5.74, 6) is -1.03. The Morgan fingerprint density at radius 3 is 2.52 bits per heavy atom. The number of carbonyl (C=O) groups is 2. The summed E-state index contributed by atoms with van der Waals surface area (Å²) in [6, 6.07) is 11.7. The summed E-state index contributed by atoms with van der Waals surface area (Å²) in [5, 5.41) is 3.47. The van der Waals surface area contributed by atoms with Gasteiger partial charge >= 0.3 is 0 Å². The van der Waals surface area contributed by atoms with Crippen LogP contribution in [0.5, 0.6) is 0 Å². The van der Waals surface area contributed by atoms with E-state index >= 15 is 0 Å². The number of carbonyl (C=O) groups excluding carboxylic acids is 2. The first-order chi connectivity index (χ1) is 15.9. The summed E-state index contributed by atoms with van der Waals surface area (Å²) in [6.07, 6.45) is -0.129. The number of thiocarbonyl (C=S) groups is 1. The highest BCUT2D eigenvalue weighted by Crippen LogP contribution is 2.33. The molecule has 2 saturated heterocycles. The second-order valence-corrected chi connectivity index (χ2v) is 8.60. The average Bonchev–Trinajstić information content (AvgIpc) is 3.04. The molecule has 2 amide bonds. The van der Waals surface area contributed by atoms with Gasteiger partial charge in [0, 0.05) is 31.9 Å². The number of benzene rings is 2. The molecule has 2 fully saturated rings. The normalized spacial score (nSPS) is 19.3. The first-order valence-electron chi connectivity index (χ1n) is 10.7. The van der Waals surface area contributed by atoms with Crippen molar-refractivity contribution in [3.05, 3.63) is 59.4 Å². The van der Waals surface area contributed by atoms with Crippen molar-refractivity contribution in [2.45, 2.75) is 12.5 Å². The first-order valence-corrected chi connectivity index (χ1v) is 11.5. The molecule has 0 radical (unpaired) electrons. The Hall–Kier alpha value is -2.59. The highest BCUT2D eigenvalue weighted by Gasteiger charge is 2.44. The number of anilines is 2. The van der Waals surface area contributed by atoms with Gasteiger partial charge < -0.3 is 15.0 Å². The van der Waals surface area contributed by atoms with E-state index in [2.05, 4.69) is 10.2 Å². The lowest BCUT2D eigenvalue weighted by Crippen LogP contribution is -2.43. The Bertz CT molecular complexity index is 1030. The molecule has 1 unspecified atom stereocenters. The van der Waals surface area contributed by atoms with E-state index in [9.17, 15) is 14.0 Å². The fourth-order valence-electron chi connectivity index (χ4n) is 3.94. The molecule has 4 rings (SSSR count). The summed E-state index contributed by atoms with van der Waals surface area (Å²) in [7, 11) is 0. The second kappa shape index (κ2) is 10.6. The van der Waals surface area contributed by atoms with Crippen LogP contribution in [0.4, 0.5) is 15.8 Å². The van der Waals surface area contributed by atoms with Crippen LogP contribution in [0.25, 0.3) is 0 Å². The van der Waals surface area contributed by atoms with Gasteiger partial charge in [0.2, 0.25) is 5.91 Å². The summed E-state index contributed by atoms with van der Waals surface area (Å²) in [6.45, 7) is 3.99. The number of morpholine rings is 1. The van der Waals surface area contributed by atoms with Gasteiger partial charge in [0.25, 0.3) is 5.91 Å². The summed E-state index contributed by atoms with van der Waals surface area (Å²) < 4.78 is 18.5. The molecule has 0 saturated carbocycles. The predicted octanol–water partition coefficient (Wildman–Crippen LogP) is 3.14. The molecule has 2 heterocycles. The van der Waals surface area contributed by atoms with Crippen LogP contribution >= 0.6 is 23.8 Å². The molecule has 0 aliphatic carbocycles. The van der Waals surface area contributed by atoms with Crippen molar-refractivity contribution in [2.24, 2.45) is 0 Å². The third-order valence-electron chi connectivity index (χ3n) is 5.66. The average molecular weight is 491 g/mol. The molecule has 2 aromatic rings. The van der Waals surface area contributed by atoms with Crippen LogP contribution in [-0.2, 0) is 14.3 Å². The maximum Gasteiger partial charge on any atom is 0.252 e. The zero-order valence-corrected chi connectivity index (χ0v) is 19.4.